The fourth-order valence-corrected chi connectivity index (χ4v) is 3.65. The summed E-state index contributed by atoms with van der Waals surface area (Å²) in [5.74, 6) is 0. The maximum Gasteiger partial charge on any atom is 0.240 e. The van der Waals surface area contributed by atoms with Gasteiger partial charge in [0.15, 0.2) is 0 Å². The summed E-state index contributed by atoms with van der Waals surface area (Å²) in [5, 5.41) is 7.00. The maximum atomic E-state index is 11.8. The number of nitrogens with one attached hydrogen (secondary N) is 2. The van der Waals surface area contributed by atoms with Crippen LogP contribution in [-0.4, -0.2) is 26.2 Å². The van der Waals surface area contributed by atoms with Crippen LogP contribution in [0.4, 0.5) is 5.13 Å². The zero-order valence-corrected chi connectivity index (χ0v) is 15.9. The molecular weight excluding hydrogens is 368 g/mol. The Kier molecular flexibility index (Phi) is 5.46. The predicted molar refractivity (Wildman–Crippen MR) is 106 cm³/mol. The van der Waals surface area contributed by atoms with Crippen LogP contribution in [0.5, 0.6) is 0 Å². The zero-order valence-electron chi connectivity index (χ0n) is 14.3. The lowest BCUT2D eigenvalue weighted by atomic mass is 10.1. The summed E-state index contributed by atoms with van der Waals surface area (Å²) in [5.41, 5.74) is 6.46. The lowest BCUT2D eigenvalue weighted by Gasteiger charge is -2.05. The molecule has 2 aromatic carbocycles. The lowest BCUT2D eigenvalue weighted by molar-refractivity contribution is 0.588. The topological polar surface area (TPSA) is 83.5 Å². The molecule has 1 heterocycles. The lowest BCUT2D eigenvalue weighted by Crippen LogP contribution is -2.18. The van der Waals surface area contributed by atoms with Gasteiger partial charge in [0.05, 0.1) is 16.3 Å². The monoisotopic (exact) mass is 386 g/mol. The standard InChI is InChI=1S/C18H18N4O2S2/c1-13(14-8-10-16(11-9-14)26(23,24)19-2)21-22-18-20-17(12-25-18)15-6-4-3-5-7-15/h3-12,19H,1-2H3,(H,20,22)/b21-13-. The van der Waals surface area contributed by atoms with Crippen molar-refractivity contribution in [2.75, 3.05) is 12.5 Å². The number of sulfonamides is 1. The third-order valence-corrected chi connectivity index (χ3v) is 5.92. The van der Waals surface area contributed by atoms with Crippen LogP contribution in [0.2, 0.25) is 0 Å². The fraction of sp³-hybridized carbons (Fsp3) is 0.111. The first kappa shape index (κ1) is 18.2. The third-order valence-electron chi connectivity index (χ3n) is 3.74. The van der Waals surface area contributed by atoms with Gasteiger partial charge in [-0.3, -0.25) is 5.43 Å². The summed E-state index contributed by atoms with van der Waals surface area (Å²) in [6.07, 6.45) is 0. The van der Waals surface area contributed by atoms with E-state index in [2.05, 4.69) is 20.2 Å². The van der Waals surface area contributed by atoms with Gasteiger partial charge in [-0.2, -0.15) is 5.10 Å². The molecule has 0 bridgehead atoms. The second-order valence-corrected chi connectivity index (χ2v) is 8.19. The minimum Gasteiger partial charge on any atom is -0.252 e. The van der Waals surface area contributed by atoms with Gasteiger partial charge in [-0.1, -0.05) is 42.5 Å². The Morgan fingerprint density at radius 3 is 2.42 bits per heavy atom. The van der Waals surface area contributed by atoms with E-state index >= 15 is 0 Å². The molecule has 0 aliphatic heterocycles. The van der Waals surface area contributed by atoms with E-state index in [1.165, 1.54) is 18.4 Å². The van der Waals surface area contributed by atoms with E-state index in [4.69, 9.17) is 0 Å². The minimum absolute atomic E-state index is 0.219. The van der Waals surface area contributed by atoms with Crippen LogP contribution in [0.1, 0.15) is 12.5 Å². The Balaban J connectivity index is 1.72. The van der Waals surface area contributed by atoms with Crippen molar-refractivity contribution >= 4 is 32.2 Å². The average Bonchev–Trinajstić information content (AvgIpc) is 3.16. The molecule has 0 amide bonds. The number of hydrazone groups is 1. The molecule has 2 N–H and O–H groups in total. The highest BCUT2D eigenvalue weighted by atomic mass is 32.2. The van der Waals surface area contributed by atoms with Crippen molar-refractivity contribution in [1.29, 1.82) is 0 Å². The van der Waals surface area contributed by atoms with E-state index < -0.39 is 10.0 Å². The number of nitrogens with zero attached hydrogens (tertiary/aromatic N) is 2. The smallest absolute Gasteiger partial charge is 0.240 e. The molecule has 0 aliphatic rings. The Bertz CT molecular complexity index is 1010. The van der Waals surface area contributed by atoms with Crippen LogP contribution in [0, 0.1) is 0 Å². The SMILES string of the molecule is CNS(=O)(=O)c1ccc(/C(C)=N\Nc2nc(-c3ccccc3)cs2)cc1. The Hall–Kier alpha value is -2.55. The van der Waals surface area contributed by atoms with Crippen molar-refractivity contribution in [2.24, 2.45) is 5.10 Å². The van der Waals surface area contributed by atoms with Gasteiger partial charge < -0.3 is 0 Å². The molecule has 0 spiro atoms. The summed E-state index contributed by atoms with van der Waals surface area (Å²) in [6.45, 7) is 1.85. The summed E-state index contributed by atoms with van der Waals surface area (Å²) in [4.78, 5) is 4.74. The van der Waals surface area contributed by atoms with Gasteiger partial charge in [0.1, 0.15) is 0 Å². The first-order valence-corrected chi connectivity index (χ1v) is 10.2. The van der Waals surface area contributed by atoms with E-state index in [9.17, 15) is 8.42 Å². The van der Waals surface area contributed by atoms with Crippen LogP contribution in [0.3, 0.4) is 0 Å². The third kappa shape index (κ3) is 4.16. The van der Waals surface area contributed by atoms with E-state index in [-0.39, 0.29) is 4.90 Å². The van der Waals surface area contributed by atoms with E-state index in [0.717, 1.165) is 22.5 Å². The van der Waals surface area contributed by atoms with Crippen LogP contribution < -0.4 is 10.1 Å². The Labute approximate surface area is 156 Å². The Morgan fingerprint density at radius 2 is 1.77 bits per heavy atom. The van der Waals surface area contributed by atoms with Crippen LogP contribution in [0.15, 0.2) is 70.0 Å². The highest BCUT2D eigenvalue weighted by Gasteiger charge is 2.11. The van der Waals surface area contributed by atoms with E-state index in [1.807, 2.05) is 42.6 Å². The maximum absolute atomic E-state index is 11.8. The highest BCUT2D eigenvalue weighted by molar-refractivity contribution is 7.89. The number of hydrogen-bond donors (Lipinski definition) is 2. The quantitative estimate of drug-likeness (QED) is 0.501. The molecule has 0 unspecified atom stereocenters. The highest BCUT2D eigenvalue weighted by Crippen LogP contribution is 2.24. The molecule has 0 atom stereocenters. The molecule has 134 valence electrons. The molecule has 1 aromatic heterocycles. The van der Waals surface area contributed by atoms with E-state index in [1.54, 1.807) is 24.3 Å². The van der Waals surface area contributed by atoms with Gasteiger partial charge in [-0.15, -0.1) is 11.3 Å². The van der Waals surface area contributed by atoms with Crippen molar-refractivity contribution in [3.05, 3.63) is 65.5 Å². The second-order valence-electron chi connectivity index (χ2n) is 5.44. The van der Waals surface area contributed by atoms with Crippen LogP contribution in [-0.2, 0) is 10.0 Å². The van der Waals surface area contributed by atoms with Crippen molar-refractivity contribution < 1.29 is 8.42 Å². The van der Waals surface area contributed by atoms with Gasteiger partial charge in [0, 0.05) is 10.9 Å². The number of anilines is 1. The fourth-order valence-electron chi connectivity index (χ4n) is 2.26. The van der Waals surface area contributed by atoms with Crippen molar-refractivity contribution in [3.63, 3.8) is 0 Å². The van der Waals surface area contributed by atoms with Crippen molar-refractivity contribution in [3.8, 4) is 11.3 Å². The second kappa shape index (κ2) is 7.77. The molecular formula is C18H18N4O2S2. The van der Waals surface area contributed by atoms with Gasteiger partial charge in [-0.05, 0) is 31.7 Å². The Morgan fingerprint density at radius 1 is 1.08 bits per heavy atom. The number of hydrogen-bond acceptors (Lipinski definition) is 6. The van der Waals surface area contributed by atoms with Crippen LogP contribution >= 0.6 is 11.3 Å². The average molecular weight is 387 g/mol. The summed E-state index contributed by atoms with van der Waals surface area (Å²) < 4.78 is 25.8. The first-order valence-electron chi connectivity index (χ1n) is 7.85. The largest absolute Gasteiger partial charge is 0.252 e. The van der Waals surface area contributed by atoms with Crippen molar-refractivity contribution in [2.45, 2.75) is 11.8 Å². The number of thiazole rings is 1. The molecule has 0 fully saturated rings. The van der Waals surface area contributed by atoms with E-state index in [0.29, 0.717) is 5.13 Å². The molecule has 3 rings (SSSR count). The molecule has 0 radical (unpaired) electrons. The minimum atomic E-state index is -3.43. The summed E-state index contributed by atoms with van der Waals surface area (Å²) >= 11 is 1.47. The molecule has 6 nitrogen and oxygen atoms in total. The predicted octanol–water partition coefficient (Wildman–Crippen LogP) is 3.55. The number of rotatable bonds is 6. The van der Waals surface area contributed by atoms with Gasteiger partial charge in [0.2, 0.25) is 15.2 Å². The summed E-state index contributed by atoms with van der Waals surface area (Å²) in [6, 6.07) is 16.5. The number of aromatic nitrogens is 1. The number of benzene rings is 2. The molecule has 0 saturated carbocycles. The normalized spacial score (nSPS) is 12.2. The molecule has 0 saturated heterocycles. The first-order chi connectivity index (χ1) is 12.5. The zero-order chi connectivity index (χ0) is 18.6. The molecule has 0 aliphatic carbocycles. The van der Waals surface area contributed by atoms with Gasteiger partial charge >= 0.3 is 0 Å². The molecule has 3 aromatic rings. The molecule has 26 heavy (non-hydrogen) atoms. The van der Waals surface area contributed by atoms with Gasteiger partial charge in [0.25, 0.3) is 0 Å². The molecule has 8 heteroatoms. The van der Waals surface area contributed by atoms with Gasteiger partial charge in [-0.25, -0.2) is 18.1 Å². The van der Waals surface area contributed by atoms with Crippen molar-refractivity contribution in [1.82, 2.24) is 9.71 Å². The van der Waals surface area contributed by atoms with Crippen LogP contribution in [0.25, 0.3) is 11.3 Å². The summed E-state index contributed by atoms with van der Waals surface area (Å²) in [7, 11) is -2.05.